The van der Waals surface area contributed by atoms with Crippen LogP contribution in [0.2, 0.25) is 0 Å². The Morgan fingerprint density at radius 1 is 1.16 bits per heavy atom. The minimum absolute atomic E-state index is 0.0620. The summed E-state index contributed by atoms with van der Waals surface area (Å²) in [6.45, 7) is 1.34. The number of benzene rings is 1. The van der Waals surface area contributed by atoms with Crippen LogP contribution in [0.25, 0.3) is 22.6 Å². The van der Waals surface area contributed by atoms with Crippen molar-refractivity contribution in [1.82, 2.24) is 29.6 Å². The third-order valence-corrected chi connectivity index (χ3v) is 5.91. The van der Waals surface area contributed by atoms with Crippen LogP contribution in [0.3, 0.4) is 0 Å². The van der Waals surface area contributed by atoms with Gasteiger partial charge in [-0.15, -0.1) is 0 Å². The van der Waals surface area contributed by atoms with E-state index in [1.807, 2.05) is 4.90 Å². The van der Waals surface area contributed by atoms with E-state index in [1.54, 1.807) is 18.5 Å². The molecule has 1 aliphatic rings. The smallest absolute Gasteiger partial charge is 0.240 e. The zero-order valence-corrected chi connectivity index (χ0v) is 17.4. The molecular formula is C23H24N6O2. The minimum Gasteiger partial charge on any atom is -0.350 e. The number of rotatable bonds is 6. The number of hydrogen-bond acceptors (Lipinski definition) is 6. The molecule has 4 heterocycles. The predicted molar refractivity (Wildman–Crippen MR) is 115 cm³/mol. The summed E-state index contributed by atoms with van der Waals surface area (Å²) >= 11 is 0. The van der Waals surface area contributed by atoms with Gasteiger partial charge in [-0.05, 0) is 37.0 Å². The normalized spacial score (nSPS) is 16.3. The molecule has 8 nitrogen and oxygen atoms in total. The van der Waals surface area contributed by atoms with Gasteiger partial charge in [-0.25, -0.2) is 9.97 Å². The van der Waals surface area contributed by atoms with Crippen molar-refractivity contribution >= 4 is 16.8 Å². The maximum atomic E-state index is 12.7. The van der Waals surface area contributed by atoms with Crippen molar-refractivity contribution in [2.45, 2.75) is 31.6 Å². The number of fused-ring (bicyclic) bond motifs is 1. The molecule has 1 saturated heterocycles. The Labute approximate surface area is 179 Å². The van der Waals surface area contributed by atoms with Crippen molar-refractivity contribution in [1.29, 1.82) is 0 Å². The average molecular weight is 416 g/mol. The fourth-order valence-electron chi connectivity index (χ4n) is 4.31. The minimum atomic E-state index is 0.0620. The molecule has 0 bridgehead atoms. The second kappa shape index (κ2) is 8.29. The molecule has 0 saturated carbocycles. The van der Waals surface area contributed by atoms with Gasteiger partial charge in [-0.3, -0.25) is 4.79 Å². The highest BCUT2D eigenvalue weighted by Gasteiger charge is 2.31. The van der Waals surface area contributed by atoms with Gasteiger partial charge in [0.25, 0.3) is 0 Å². The Bertz CT molecular complexity index is 1200. The fourth-order valence-corrected chi connectivity index (χ4v) is 4.31. The molecule has 1 fully saturated rings. The van der Waals surface area contributed by atoms with E-state index in [4.69, 9.17) is 4.52 Å². The molecule has 158 valence electrons. The van der Waals surface area contributed by atoms with E-state index in [9.17, 15) is 4.79 Å². The average Bonchev–Trinajstić information content (AvgIpc) is 3.54. The number of para-hydroxylation sites is 1. The first-order chi connectivity index (χ1) is 15.2. The second-order valence-corrected chi connectivity index (χ2v) is 7.99. The Balaban J connectivity index is 1.16. The molecule has 0 N–H and O–H groups in total. The van der Waals surface area contributed by atoms with E-state index in [0.29, 0.717) is 30.5 Å². The maximum Gasteiger partial charge on any atom is 0.240 e. The van der Waals surface area contributed by atoms with Crippen LogP contribution in [0.4, 0.5) is 0 Å². The number of carbonyl (C=O) groups excluding carboxylic acids is 1. The van der Waals surface area contributed by atoms with E-state index in [0.717, 1.165) is 25.8 Å². The topological polar surface area (TPSA) is 89.9 Å². The Morgan fingerprint density at radius 2 is 2.00 bits per heavy atom. The number of carbonyl (C=O) groups is 1. The van der Waals surface area contributed by atoms with Crippen molar-refractivity contribution in [2.24, 2.45) is 7.05 Å². The van der Waals surface area contributed by atoms with Crippen LogP contribution >= 0.6 is 0 Å². The third-order valence-electron chi connectivity index (χ3n) is 5.91. The van der Waals surface area contributed by atoms with Crippen molar-refractivity contribution in [3.63, 3.8) is 0 Å². The molecule has 31 heavy (non-hydrogen) atoms. The van der Waals surface area contributed by atoms with Gasteiger partial charge in [0.2, 0.25) is 23.4 Å². The zero-order valence-electron chi connectivity index (χ0n) is 17.4. The molecule has 0 aliphatic carbocycles. The zero-order chi connectivity index (χ0) is 21.2. The van der Waals surface area contributed by atoms with Gasteiger partial charge in [0.15, 0.2) is 0 Å². The third kappa shape index (κ3) is 3.93. The SMILES string of the molecule is Cn1cc(CCCC(=O)N2CCC(c3nc(-c4ncccn4)no3)C2)c2ccccc21. The molecule has 1 aromatic carbocycles. The highest BCUT2D eigenvalue weighted by atomic mass is 16.5. The number of hydrogen-bond donors (Lipinski definition) is 0. The number of nitrogens with zero attached hydrogens (tertiary/aromatic N) is 6. The van der Waals surface area contributed by atoms with Gasteiger partial charge in [0, 0.05) is 56.1 Å². The van der Waals surface area contributed by atoms with E-state index < -0.39 is 0 Å². The summed E-state index contributed by atoms with van der Waals surface area (Å²) in [7, 11) is 2.06. The molecule has 1 unspecified atom stereocenters. The molecule has 0 spiro atoms. The predicted octanol–water partition coefficient (Wildman–Crippen LogP) is 3.36. The van der Waals surface area contributed by atoms with E-state index in [2.05, 4.69) is 62.2 Å². The summed E-state index contributed by atoms with van der Waals surface area (Å²) in [5.74, 6) is 1.63. The van der Waals surface area contributed by atoms with Crippen molar-refractivity contribution in [2.75, 3.05) is 13.1 Å². The van der Waals surface area contributed by atoms with Crippen LogP contribution in [0.5, 0.6) is 0 Å². The van der Waals surface area contributed by atoms with Gasteiger partial charge in [-0.1, -0.05) is 23.4 Å². The number of aromatic nitrogens is 5. The molecule has 1 amide bonds. The first-order valence-electron chi connectivity index (χ1n) is 10.6. The van der Waals surface area contributed by atoms with E-state index >= 15 is 0 Å². The van der Waals surface area contributed by atoms with Crippen molar-refractivity contribution < 1.29 is 9.32 Å². The maximum absolute atomic E-state index is 12.7. The summed E-state index contributed by atoms with van der Waals surface area (Å²) in [5, 5.41) is 5.27. The number of amides is 1. The molecule has 1 atom stereocenters. The standard InChI is InChI=1S/C23H24N6O2/c1-28-14-16(18-7-2-3-8-19(18)28)6-4-9-20(30)29-13-10-17(15-29)23-26-22(27-31-23)21-24-11-5-12-25-21/h2-3,5,7-8,11-12,14,17H,4,6,9-10,13,15H2,1H3. The lowest BCUT2D eigenvalue weighted by molar-refractivity contribution is -0.130. The summed E-state index contributed by atoms with van der Waals surface area (Å²) in [5.41, 5.74) is 2.53. The van der Waals surface area contributed by atoms with Crippen molar-refractivity contribution in [3.8, 4) is 11.6 Å². The summed E-state index contributed by atoms with van der Waals surface area (Å²) in [4.78, 5) is 27.4. The first-order valence-corrected chi connectivity index (χ1v) is 10.6. The highest BCUT2D eigenvalue weighted by molar-refractivity contribution is 5.84. The number of aryl methyl sites for hydroxylation is 2. The quantitative estimate of drug-likeness (QED) is 0.479. The largest absolute Gasteiger partial charge is 0.350 e. The van der Waals surface area contributed by atoms with Crippen LogP contribution in [0, 0.1) is 0 Å². The van der Waals surface area contributed by atoms with Crippen LogP contribution in [-0.2, 0) is 18.3 Å². The Hall–Kier alpha value is -3.55. The molecule has 5 rings (SSSR count). The Morgan fingerprint density at radius 3 is 2.87 bits per heavy atom. The molecule has 3 aromatic heterocycles. The lowest BCUT2D eigenvalue weighted by Gasteiger charge is -2.15. The van der Waals surface area contributed by atoms with Crippen LogP contribution in [-0.4, -0.2) is 48.6 Å². The summed E-state index contributed by atoms with van der Waals surface area (Å²) < 4.78 is 7.58. The first kappa shape index (κ1) is 19.4. The van der Waals surface area contributed by atoms with Crippen LogP contribution < -0.4 is 0 Å². The lowest BCUT2D eigenvalue weighted by Crippen LogP contribution is -2.28. The molecule has 8 heteroatoms. The summed E-state index contributed by atoms with van der Waals surface area (Å²) in [6, 6.07) is 10.1. The molecule has 4 aromatic rings. The fraction of sp³-hybridized carbons (Fsp3) is 0.348. The van der Waals surface area contributed by atoms with Crippen LogP contribution in [0.1, 0.15) is 36.6 Å². The molecular weight excluding hydrogens is 392 g/mol. The van der Waals surface area contributed by atoms with Gasteiger partial charge < -0.3 is 14.0 Å². The van der Waals surface area contributed by atoms with E-state index in [-0.39, 0.29) is 11.8 Å². The van der Waals surface area contributed by atoms with Gasteiger partial charge in [-0.2, -0.15) is 4.98 Å². The second-order valence-electron chi connectivity index (χ2n) is 7.99. The number of likely N-dealkylation sites (tertiary alicyclic amines) is 1. The summed E-state index contributed by atoms with van der Waals surface area (Å²) in [6.07, 6.45) is 8.57. The van der Waals surface area contributed by atoms with Gasteiger partial charge in [0.05, 0.1) is 5.92 Å². The van der Waals surface area contributed by atoms with Gasteiger partial charge >= 0.3 is 0 Å². The van der Waals surface area contributed by atoms with Crippen LogP contribution in [0.15, 0.2) is 53.4 Å². The van der Waals surface area contributed by atoms with Gasteiger partial charge in [0.1, 0.15) is 0 Å². The monoisotopic (exact) mass is 416 g/mol. The molecule has 0 radical (unpaired) electrons. The molecule has 1 aliphatic heterocycles. The van der Waals surface area contributed by atoms with Crippen molar-refractivity contribution in [3.05, 3.63) is 60.4 Å². The van der Waals surface area contributed by atoms with E-state index in [1.165, 1.54) is 16.5 Å². The Kier molecular flexibility index (Phi) is 5.19. The highest BCUT2D eigenvalue weighted by Crippen LogP contribution is 2.28. The lowest BCUT2D eigenvalue weighted by atomic mass is 10.1.